The number of hydrogen-bond acceptors (Lipinski definition) is 5. The summed E-state index contributed by atoms with van der Waals surface area (Å²) in [5, 5.41) is 5.97. The molecule has 0 saturated carbocycles. The monoisotopic (exact) mass is 410 g/mol. The number of rotatable bonds is 4. The second-order valence-electron chi connectivity index (χ2n) is 5.22. The number of thioether (sulfide) groups is 1. The first kappa shape index (κ1) is 17.0. The largest absolute Gasteiger partial charge is 0.338 e. The SMILES string of the molecule is O=C(NCCCN1C(=O)c2ccc(Br)cc2C1=O)NC1=NCCS1. The summed E-state index contributed by atoms with van der Waals surface area (Å²) >= 11 is 4.80. The number of benzene rings is 1. The van der Waals surface area contributed by atoms with E-state index in [2.05, 4.69) is 31.6 Å². The van der Waals surface area contributed by atoms with Crippen molar-refractivity contribution in [3.05, 3.63) is 33.8 Å². The van der Waals surface area contributed by atoms with Crippen LogP contribution in [0.4, 0.5) is 4.79 Å². The van der Waals surface area contributed by atoms with Crippen LogP contribution in [0.3, 0.4) is 0 Å². The quantitative estimate of drug-likeness (QED) is 0.585. The normalized spacial score (nSPS) is 16.2. The van der Waals surface area contributed by atoms with Crippen LogP contribution in [-0.2, 0) is 0 Å². The number of aliphatic imine (C=N–C) groups is 1. The predicted octanol–water partition coefficient (Wildman–Crippen LogP) is 1.84. The molecule has 1 aromatic rings. The zero-order valence-electron chi connectivity index (χ0n) is 12.7. The first-order valence-electron chi connectivity index (χ1n) is 7.44. The number of halogens is 1. The summed E-state index contributed by atoms with van der Waals surface area (Å²) in [6.45, 7) is 1.34. The second-order valence-corrected chi connectivity index (χ2v) is 7.22. The van der Waals surface area contributed by atoms with Crippen LogP contribution in [0.1, 0.15) is 27.1 Å². The van der Waals surface area contributed by atoms with Crippen molar-refractivity contribution in [2.75, 3.05) is 25.4 Å². The minimum atomic E-state index is -0.325. The average molecular weight is 411 g/mol. The highest BCUT2D eigenvalue weighted by molar-refractivity contribution is 9.10. The van der Waals surface area contributed by atoms with Gasteiger partial charge in [-0.05, 0) is 24.6 Å². The van der Waals surface area contributed by atoms with Gasteiger partial charge in [0.05, 0.1) is 17.7 Å². The van der Waals surface area contributed by atoms with Crippen molar-refractivity contribution in [1.29, 1.82) is 0 Å². The number of carbonyl (C=O) groups is 3. The van der Waals surface area contributed by atoms with Crippen molar-refractivity contribution in [2.24, 2.45) is 4.99 Å². The summed E-state index contributed by atoms with van der Waals surface area (Å²) in [5.41, 5.74) is 0.835. The predicted molar refractivity (Wildman–Crippen MR) is 95.4 cm³/mol. The van der Waals surface area contributed by atoms with E-state index in [0.717, 1.165) is 16.8 Å². The number of carbonyl (C=O) groups excluding carboxylic acids is 3. The molecule has 24 heavy (non-hydrogen) atoms. The molecule has 0 radical (unpaired) electrons. The van der Waals surface area contributed by atoms with Gasteiger partial charge in [0.15, 0.2) is 5.17 Å². The number of nitrogens with one attached hydrogen (secondary N) is 2. The lowest BCUT2D eigenvalue weighted by Gasteiger charge is -2.14. The number of urea groups is 1. The van der Waals surface area contributed by atoms with Gasteiger partial charge in [0.2, 0.25) is 0 Å². The molecule has 2 aliphatic rings. The van der Waals surface area contributed by atoms with Crippen molar-refractivity contribution in [2.45, 2.75) is 6.42 Å². The molecule has 9 heteroatoms. The van der Waals surface area contributed by atoms with Crippen LogP contribution in [-0.4, -0.2) is 53.3 Å². The Morgan fingerprint density at radius 1 is 1.29 bits per heavy atom. The average Bonchev–Trinajstić information content (AvgIpc) is 3.13. The van der Waals surface area contributed by atoms with Crippen LogP contribution in [0.2, 0.25) is 0 Å². The molecule has 0 bridgehead atoms. The van der Waals surface area contributed by atoms with Crippen LogP contribution in [0.15, 0.2) is 27.7 Å². The number of amidine groups is 1. The molecule has 4 amide bonds. The Hall–Kier alpha value is -1.87. The van der Waals surface area contributed by atoms with E-state index in [1.165, 1.54) is 16.7 Å². The number of fused-ring (bicyclic) bond motifs is 1. The molecular formula is C15H15BrN4O3S. The summed E-state index contributed by atoms with van der Waals surface area (Å²) in [6, 6.07) is 4.71. The van der Waals surface area contributed by atoms with E-state index in [-0.39, 0.29) is 24.4 Å². The van der Waals surface area contributed by atoms with Crippen molar-refractivity contribution in [3.63, 3.8) is 0 Å². The molecule has 0 saturated heterocycles. The highest BCUT2D eigenvalue weighted by atomic mass is 79.9. The molecule has 2 heterocycles. The third-order valence-electron chi connectivity index (χ3n) is 3.58. The van der Waals surface area contributed by atoms with Gasteiger partial charge in [-0.15, -0.1) is 0 Å². The van der Waals surface area contributed by atoms with Gasteiger partial charge < -0.3 is 5.32 Å². The Balaban J connectivity index is 1.46. The highest BCUT2D eigenvalue weighted by Crippen LogP contribution is 2.25. The molecule has 0 aliphatic carbocycles. The first-order chi connectivity index (χ1) is 11.6. The molecule has 0 unspecified atom stereocenters. The van der Waals surface area contributed by atoms with Crippen molar-refractivity contribution >= 4 is 50.7 Å². The first-order valence-corrected chi connectivity index (χ1v) is 9.22. The van der Waals surface area contributed by atoms with E-state index in [4.69, 9.17) is 0 Å². The molecule has 7 nitrogen and oxygen atoms in total. The summed E-state index contributed by atoms with van der Waals surface area (Å²) in [5.74, 6) is 0.298. The summed E-state index contributed by atoms with van der Waals surface area (Å²) in [6.07, 6.45) is 0.486. The summed E-state index contributed by atoms with van der Waals surface area (Å²) < 4.78 is 0.760. The van der Waals surface area contributed by atoms with Crippen LogP contribution >= 0.6 is 27.7 Å². The van der Waals surface area contributed by atoms with E-state index in [0.29, 0.717) is 29.3 Å². The van der Waals surface area contributed by atoms with E-state index in [1.807, 2.05) is 0 Å². The van der Waals surface area contributed by atoms with Gasteiger partial charge in [0.25, 0.3) is 11.8 Å². The third kappa shape index (κ3) is 3.62. The van der Waals surface area contributed by atoms with Gasteiger partial charge in [0.1, 0.15) is 0 Å². The standard InChI is InChI=1S/C15H15BrN4O3S/c16-9-2-3-10-11(8-9)13(22)20(12(10)21)6-1-4-17-14(23)19-15-18-5-7-24-15/h2-3,8H,1,4-7H2,(H2,17,18,19,23). The molecule has 3 rings (SSSR count). The van der Waals surface area contributed by atoms with Gasteiger partial charge >= 0.3 is 6.03 Å². The van der Waals surface area contributed by atoms with Gasteiger partial charge in [-0.2, -0.15) is 0 Å². The van der Waals surface area contributed by atoms with Gasteiger partial charge in [-0.25, -0.2) is 4.79 Å². The second kappa shape index (κ2) is 7.35. The van der Waals surface area contributed by atoms with Crippen LogP contribution < -0.4 is 10.6 Å². The summed E-state index contributed by atoms with van der Waals surface area (Å²) in [7, 11) is 0. The molecule has 0 spiro atoms. The Bertz CT molecular complexity index is 737. The molecule has 0 aromatic heterocycles. The minimum absolute atomic E-state index is 0.264. The number of amides is 4. The maximum atomic E-state index is 12.3. The topological polar surface area (TPSA) is 90.9 Å². The lowest BCUT2D eigenvalue weighted by atomic mass is 10.1. The fourth-order valence-corrected chi connectivity index (χ4v) is 3.54. The highest BCUT2D eigenvalue weighted by Gasteiger charge is 2.34. The smallest absolute Gasteiger partial charge is 0.320 e. The fourth-order valence-electron chi connectivity index (χ4n) is 2.46. The van der Waals surface area contributed by atoms with E-state index >= 15 is 0 Å². The Labute approximate surface area is 151 Å². The molecule has 2 N–H and O–H groups in total. The maximum absolute atomic E-state index is 12.3. The number of imide groups is 1. The lowest BCUT2D eigenvalue weighted by molar-refractivity contribution is 0.0653. The van der Waals surface area contributed by atoms with Crippen molar-refractivity contribution in [3.8, 4) is 0 Å². The van der Waals surface area contributed by atoms with Crippen molar-refractivity contribution < 1.29 is 14.4 Å². The molecular weight excluding hydrogens is 396 g/mol. The van der Waals surface area contributed by atoms with Crippen LogP contribution in [0.5, 0.6) is 0 Å². The minimum Gasteiger partial charge on any atom is -0.338 e. The Morgan fingerprint density at radius 2 is 2.08 bits per heavy atom. The zero-order valence-corrected chi connectivity index (χ0v) is 15.1. The third-order valence-corrected chi connectivity index (χ3v) is 4.97. The Kier molecular flexibility index (Phi) is 5.20. The van der Waals surface area contributed by atoms with E-state index in [9.17, 15) is 14.4 Å². The van der Waals surface area contributed by atoms with Gasteiger partial charge in [-0.1, -0.05) is 27.7 Å². The van der Waals surface area contributed by atoms with Crippen LogP contribution in [0, 0.1) is 0 Å². The maximum Gasteiger partial charge on any atom is 0.320 e. The number of nitrogens with zero attached hydrogens (tertiary/aromatic N) is 2. The molecule has 0 fully saturated rings. The van der Waals surface area contributed by atoms with Crippen molar-refractivity contribution in [1.82, 2.24) is 15.5 Å². The molecule has 2 aliphatic heterocycles. The lowest BCUT2D eigenvalue weighted by Crippen LogP contribution is -2.39. The molecule has 1 aromatic carbocycles. The van der Waals surface area contributed by atoms with Gasteiger partial charge in [0, 0.05) is 23.3 Å². The van der Waals surface area contributed by atoms with Gasteiger partial charge in [-0.3, -0.25) is 24.8 Å². The number of hydrogen-bond donors (Lipinski definition) is 2. The zero-order chi connectivity index (χ0) is 17.1. The van der Waals surface area contributed by atoms with E-state index < -0.39 is 0 Å². The Morgan fingerprint density at radius 3 is 2.83 bits per heavy atom. The van der Waals surface area contributed by atoms with E-state index in [1.54, 1.807) is 18.2 Å². The molecule has 0 atom stereocenters. The van der Waals surface area contributed by atoms with Crippen LogP contribution in [0.25, 0.3) is 0 Å². The summed E-state index contributed by atoms with van der Waals surface area (Å²) in [4.78, 5) is 41.5. The molecule has 126 valence electrons. The fraction of sp³-hybridized carbons (Fsp3) is 0.333.